The Morgan fingerprint density at radius 3 is 2.05 bits per heavy atom. The molecule has 0 spiro atoms. The van der Waals surface area contributed by atoms with Gasteiger partial charge >= 0.3 is 8.56 Å². The predicted molar refractivity (Wildman–Crippen MR) is 87.2 cm³/mol. The molecule has 1 unspecified atom stereocenters. The lowest BCUT2D eigenvalue weighted by molar-refractivity contribution is 0.157. The Hall–Kier alpha value is 0.137. The van der Waals surface area contributed by atoms with E-state index in [1.54, 1.807) is 0 Å². The van der Waals surface area contributed by atoms with Crippen LogP contribution in [-0.4, -0.2) is 21.8 Å². The van der Waals surface area contributed by atoms with Gasteiger partial charge in [0.2, 0.25) is 0 Å². The maximum atomic E-state index is 6.41. The molecule has 0 heterocycles. The fourth-order valence-corrected chi connectivity index (χ4v) is 7.20. The second kappa shape index (κ2) is 8.55. The van der Waals surface area contributed by atoms with Crippen molar-refractivity contribution in [2.75, 3.05) is 13.2 Å². The maximum absolute atomic E-state index is 6.41. The normalized spacial score (nSPS) is 25.5. The highest BCUT2D eigenvalue weighted by molar-refractivity contribution is 6.67. The van der Waals surface area contributed by atoms with E-state index in [2.05, 4.69) is 13.5 Å². The van der Waals surface area contributed by atoms with Crippen LogP contribution >= 0.6 is 0 Å². The monoisotopic (exact) mass is 298 g/mol. The molecule has 0 aromatic heterocycles. The molecule has 1 atom stereocenters. The van der Waals surface area contributed by atoms with Gasteiger partial charge in [0.05, 0.1) is 0 Å². The summed E-state index contributed by atoms with van der Waals surface area (Å²) in [5.74, 6) is 0.918. The summed E-state index contributed by atoms with van der Waals surface area (Å²) in [7, 11) is -1.91. The minimum absolute atomic E-state index is 0.747. The zero-order valence-corrected chi connectivity index (χ0v) is 14.7. The third-order valence-electron chi connectivity index (χ3n) is 5.42. The highest BCUT2D eigenvalue weighted by atomic mass is 28.4. The molecule has 118 valence electrons. The average Bonchev–Trinajstić information content (AvgIpc) is 2.86. The van der Waals surface area contributed by atoms with Crippen LogP contribution < -0.4 is 0 Å². The van der Waals surface area contributed by atoms with Gasteiger partial charge in [-0.1, -0.05) is 51.4 Å². The molecule has 0 radical (unpaired) electrons. The molecule has 0 N–H and O–H groups in total. The fraction of sp³-hybridized carbons (Fsp3) is 1.00. The first-order valence-corrected chi connectivity index (χ1v) is 11.4. The first kappa shape index (κ1) is 16.5. The highest BCUT2D eigenvalue weighted by Crippen LogP contribution is 2.40. The Morgan fingerprint density at radius 1 is 0.850 bits per heavy atom. The minimum Gasteiger partial charge on any atom is -0.394 e. The van der Waals surface area contributed by atoms with Gasteiger partial charge in [-0.3, -0.25) is 0 Å². The summed E-state index contributed by atoms with van der Waals surface area (Å²) in [4.78, 5) is 0. The quantitative estimate of drug-likeness (QED) is 0.462. The molecular formula is C17H34O2Si. The van der Waals surface area contributed by atoms with Crippen molar-refractivity contribution in [3.8, 4) is 0 Å². The molecule has 0 amide bonds. The molecule has 0 bridgehead atoms. The third kappa shape index (κ3) is 4.85. The summed E-state index contributed by atoms with van der Waals surface area (Å²) < 4.78 is 12.6. The third-order valence-corrected chi connectivity index (χ3v) is 9.12. The van der Waals surface area contributed by atoms with Gasteiger partial charge in [-0.2, -0.15) is 0 Å². The van der Waals surface area contributed by atoms with Gasteiger partial charge in [0.15, 0.2) is 0 Å². The van der Waals surface area contributed by atoms with E-state index in [1.807, 2.05) is 0 Å². The molecular weight excluding hydrogens is 264 g/mol. The number of hydrogen-bond acceptors (Lipinski definition) is 2. The van der Waals surface area contributed by atoms with Crippen molar-refractivity contribution >= 4 is 8.56 Å². The van der Waals surface area contributed by atoms with Crippen LogP contribution in [0.1, 0.15) is 77.6 Å². The summed E-state index contributed by atoms with van der Waals surface area (Å²) in [5, 5.41) is 0. The second-order valence-electron chi connectivity index (χ2n) is 6.93. The van der Waals surface area contributed by atoms with Crippen LogP contribution in [0.25, 0.3) is 0 Å². The van der Waals surface area contributed by atoms with E-state index >= 15 is 0 Å². The second-order valence-corrected chi connectivity index (χ2v) is 10.4. The van der Waals surface area contributed by atoms with Gasteiger partial charge in [-0.15, -0.1) is 0 Å². The molecule has 0 aromatic carbocycles. The Bertz CT molecular complexity index is 258. The van der Waals surface area contributed by atoms with Crippen LogP contribution in [0.2, 0.25) is 12.1 Å². The van der Waals surface area contributed by atoms with Crippen molar-refractivity contribution in [3.63, 3.8) is 0 Å². The van der Waals surface area contributed by atoms with Crippen LogP contribution in [0.4, 0.5) is 0 Å². The van der Waals surface area contributed by atoms with E-state index < -0.39 is 8.56 Å². The maximum Gasteiger partial charge on any atom is 0.338 e. The van der Waals surface area contributed by atoms with Crippen LogP contribution in [-0.2, 0) is 8.85 Å². The fourth-order valence-electron chi connectivity index (χ4n) is 4.09. The standard InChI is InChI=1S/C17H34O2Si/c1-3-18-20(2,17-12-8-9-13-17)19-15-14-16-10-6-4-5-7-11-16/h16-17H,3-15H2,1-2H3. The first-order chi connectivity index (χ1) is 9.74. The van der Waals surface area contributed by atoms with Crippen LogP contribution in [0, 0.1) is 5.92 Å². The summed E-state index contributed by atoms with van der Waals surface area (Å²) in [6.45, 7) is 6.21. The van der Waals surface area contributed by atoms with Crippen molar-refractivity contribution in [3.05, 3.63) is 0 Å². The van der Waals surface area contributed by atoms with Crippen molar-refractivity contribution < 1.29 is 8.85 Å². The lowest BCUT2D eigenvalue weighted by Crippen LogP contribution is -2.43. The zero-order valence-electron chi connectivity index (χ0n) is 13.7. The van der Waals surface area contributed by atoms with Gasteiger partial charge in [0.1, 0.15) is 0 Å². The first-order valence-electron chi connectivity index (χ1n) is 9.02. The summed E-state index contributed by atoms with van der Waals surface area (Å²) in [6.07, 6.45) is 15.3. The zero-order chi connectivity index (χ0) is 14.3. The molecule has 2 rings (SSSR count). The largest absolute Gasteiger partial charge is 0.394 e. The van der Waals surface area contributed by atoms with Crippen LogP contribution in [0.15, 0.2) is 0 Å². The Morgan fingerprint density at radius 2 is 1.45 bits per heavy atom. The number of hydrogen-bond donors (Lipinski definition) is 0. The Balaban J connectivity index is 1.76. The molecule has 2 aliphatic rings. The van der Waals surface area contributed by atoms with Crippen molar-refractivity contribution in [2.45, 2.75) is 89.6 Å². The molecule has 2 saturated carbocycles. The van der Waals surface area contributed by atoms with E-state index in [1.165, 1.54) is 70.6 Å². The van der Waals surface area contributed by atoms with Crippen LogP contribution in [0.3, 0.4) is 0 Å². The SMILES string of the molecule is CCO[Si](C)(OCCC1CCCCCC1)C1CCCC1. The van der Waals surface area contributed by atoms with E-state index in [-0.39, 0.29) is 0 Å². The predicted octanol–water partition coefficient (Wildman–Crippen LogP) is 5.42. The van der Waals surface area contributed by atoms with Crippen LogP contribution in [0.5, 0.6) is 0 Å². The summed E-state index contributed by atoms with van der Waals surface area (Å²) in [6, 6.07) is 0. The summed E-state index contributed by atoms with van der Waals surface area (Å²) >= 11 is 0. The molecule has 2 aliphatic carbocycles. The molecule has 2 fully saturated rings. The Labute approximate surface area is 126 Å². The topological polar surface area (TPSA) is 18.5 Å². The van der Waals surface area contributed by atoms with E-state index in [9.17, 15) is 0 Å². The number of rotatable bonds is 7. The smallest absolute Gasteiger partial charge is 0.338 e. The van der Waals surface area contributed by atoms with Crippen molar-refractivity contribution in [2.24, 2.45) is 5.92 Å². The Kier molecular flexibility index (Phi) is 7.06. The van der Waals surface area contributed by atoms with Gasteiger partial charge in [-0.05, 0) is 38.7 Å². The molecule has 0 aromatic rings. The van der Waals surface area contributed by atoms with Gasteiger partial charge in [0.25, 0.3) is 0 Å². The molecule has 0 aliphatic heterocycles. The molecule has 0 saturated heterocycles. The molecule has 20 heavy (non-hydrogen) atoms. The van der Waals surface area contributed by atoms with Gasteiger partial charge < -0.3 is 8.85 Å². The summed E-state index contributed by atoms with van der Waals surface area (Å²) in [5.41, 5.74) is 0.747. The van der Waals surface area contributed by atoms with Crippen molar-refractivity contribution in [1.29, 1.82) is 0 Å². The van der Waals surface area contributed by atoms with E-state index in [0.717, 1.165) is 24.7 Å². The molecule has 2 nitrogen and oxygen atoms in total. The highest BCUT2D eigenvalue weighted by Gasteiger charge is 2.42. The van der Waals surface area contributed by atoms with E-state index in [0.29, 0.717) is 0 Å². The van der Waals surface area contributed by atoms with Gasteiger partial charge in [-0.25, -0.2) is 0 Å². The van der Waals surface area contributed by atoms with Crippen molar-refractivity contribution in [1.82, 2.24) is 0 Å². The lowest BCUT2D eigenvalue weighted by atomic mass is 9.97. The minimum atomic E-state index is -1.91. The lowest BCUT2D eigenvalue weighted by Gasteiger charge is -2.32. The van der Waals surface area contributed by atoms with E-state index in [4.69, 9.17) is 8.85 Å². The molecule has 3 heteroatoms. The average molecular weight is 299 g/mol. The van der Waals surface area contributed by atoms with Gasteiger partial charge in [0, 0.05) is 18.8 Å².